The van der Waals surface area contributed by atoms with Crippen molar-refractivity contribution in [1.82, 2.24) is 25.8 Å². The second-order valence-corrected chi connectivity index (χ2v) is 7.88. The van der Waals surface area contributed by atoms with E-state index in [1.54, 1.807) is 6.07 Å². The molecule has 174 valence electrons. The number of hydrogen-bond donors (Lipinski definition) is 3. The molecule has 1 aliphatic carbocycles. The Balaban J connectivity index is 0.00000341. The molecule has 1 saturated carbocycles. The summed E-state index contributed by atoms with van der Waals surface area (Å²) in [5.74, 6) is 1.22. The fourth-order valence-corrected chi connectivity index (χ4v) is 3.40. The smallest absolute Gasteiger partial charge is 0.287 e. The summed E-state index contributed by atoms with van der Waals surface area (Å²) < 4.78 is 5.20. The Bertz CT molecular complexity index is 741. The lowest BCUT2D eigenvalue weighted by Crippen LogP contribution is -2.54. The maximum atomic E-state index is 12.0. The monoisotopic (exact) mass is 546 g/mol. The lowest BCUT2D eigenvalue weighted by Gasteiger charge is -2.36. The molecule has 0 unspecified atom stereocenters. The average Bonchev–Trinajstić information content (AvgIpc) is 3.43. The number of amides is 2. The van der Waals surface area contributed by atoms with Gasteiger partial charge in [0.1, 0.15) is 0 Å². The van der Waals surface area contributed by atoms with Crippen LogP contribution in [0.3, 0.4) is 0 Å². The number of nitrogens with zero attached hydrogens (tertiary/aromatic N) is 3. The van der Waals surface area contributed by atoms with E-state index in [1.165, 1.54) is 6.26 Å². The van der Waals surface area contributed by atoms with E-state index in [2.05, 4.69) is 32.7 Å². The minimum atomic E-state index is -0.185. The van der Waals surface area contributed by atoms with Gasteiger partial charge in [-0.1, -0.05) is 0 Å². The highest BCUT2D eigenvalue weighted by molar-refractivity contribution is 14.0. The first-order valence-electron chi connectivity index (χ1n) is 10.9. The zero-order chi connectivity index (χ0) is 21.3. The molecule has 2 heterocycles. The summed E-state index contributed by atoms with van der Waals surface area (Å²) in [6, 6.07) is 2.19. The number of carbonyl (C=O) groups excluding carboxylic acids is 2. The molecule has 9 nitrogen and oxygen atoms in total. The Kier molecular flexibility index (Phi) is 10.6. The van der Waals surface area contributed by atoms with Crippen LogP contribution in [-0.4, -0.2) is 86.0 Å². The quantitative estimate of drug-likeness (QED) is 0.186. The van der Waals surface area contributed by atoms with Gasteiger partial charge < -0.3 is 25.3 Å². The molecule has 2 fully saturated rings. The Morgan fingerprint density at radius 1 is 1.19 bits per heavy atom. The Morgan fingerprint density at radius 3 is 2.55 bits per heavy atom. The van der Waals surface area contributed by atoms with Crippen LogP contribution >= 0.6 is 24.0 Å². The second-order valence-electron chi connectivity index (χ2n) is 7.88. The lowest BCUT2D eigenvalue weighted by molar-refractivity contribution is -0.122. The number of aliphatic imine (C=N–C) groups is 1. The van der Waals surface area contributed by atoms with Crippen molar-refractivity contribution in [2.45, 2.75) is 39.2 Å². The van der Waals surface area contributed by atoms with Crippen molar-refractivity contribution in [3.05, 3.63) is 23.7 Å². The fraction of sp³-hybridized carbons (Fsp3) is 0.667. The van der Waals surface area contributed by atoms with Gasteiger partial charge in [-0.3, -0.25) is 19.5 Å². The highest BCUT2D eigenvalue weighted by Crippen LogP contribution is 2.18. The van der Waals surface area contributed by atoms with Crippen LogP contribution in [0.15, 0.2) is 21.7 Å². The number of piperazine rings is 1. The largest absolute Gasteiger partial charge is 0.459 e. The van der Waals surface area contributed by atoms with Crippen molar-refractivity contribution in [3.8, 4) is 0 Å². The third-order valence-corrected chi connectivity index (χ3v) is 5.27. The third kappa shape index (κ3) is 8.32. The van der Waals surface area contributed by atoms with Gasteiger partial charge >= 0.3 is 0 Å². The molecule has 3 N–H and O–H groups in total. The minimum absolute atomic E-state index is 0. The molecule has 0 bridgehead atoms. The van der Waals surface area contributed by atoms with Crippen molar-refractivity contribution < 1.29 is 14.0 Å². The van der Waals surface area contributed by atoms with Gasteiger partial charge in [0.25, 0.3) is 5.91 Å². The van der Waals surface area contributed by atoms with E-state index in [0.29, 0.717) is 31.4 Å². The number of rotatable bonds is 9. The summed E-state index contributed by atoms with van der Waals surface area (Å²) in [6.45, 7) is 9.75. The van der Waals surface area contributed by atoms with Gasteiger partial charge in [0.05, 0.1) is 12.8 Å². The normalized spacial score (nSPS) is 17.1. The molecule has 1 aliphatic heterocycles. The number of furan rings is 1. The summed E-state index contributed by atoms with van der Waals surface area (Å²) in [5, 5.41) is 9.27. The van der Waals surface area contributed by atoms with Crippen LogP contribution in [0.1, 0.15) is 42.3 Å². The predicted octanol–water partition coefficient (Wildman–Crippen LogP) is 1.19. The summed E-state index contributed by atoms with van der Waals surface area (Å²) in [5.41, 5.74) is 0.837. The van der Waals surface area contributed by atoms with Gasteiger partial charge in [-0.15, -0.1) is 24.0 Å². The minimum Gasteiger partial charge on any atom is -0.459 e. The number of nitrogens with one attached hydrogen (secondary N) is 3. The first-order chi connectivity index (χ1) is 14.6. The second kappa shape index (κ2) is 12.9. The molecule has 0 aromatic carbocycles. The first-order valence-corrected chi connectivity index (χ1v) is 10.9. The zero-order valence-electron chi connectivity index (χ0n) is 18.5. The number of hydrogen-bond acceptors (Lipinski definition) is 5. The van der Waals surface area contributed by atoms with Crippen molar-refractivity contribution in [2.75, 3.05) is 52.4 Å². The van der Waals surface area contributed by atoms with Crippen LogP contribution in [0.25, 0.3) is 0 Å². The lowest BCUT2D eigenvalue weighted by atomic mass is 10.2. The van der Waals surface area contributed by atoms with Crippen LogP contribution in [0.4, 0.5) is 0 Å². The molecule has 0 spiro atoms. The van der Waals surface area contributed by atoms with Crippen LogP contribution in [0.5, 0.6) is 0 Å². The van der Waals surface area contributed by atoms with E-state index in [9.17, 15) is 9.59 Å². The van der Waals surface area contributed by atoms with E-state index >= 15 is 0 Å². The molecule has 10 heteroatoms. The van der Waals surface area contributed by atoms with Gasteiger partial charge in [0.2, 0.25) is 5.91 Å². The predicted molar refractivity (Wildman–Crippen MR) is 131 cm³/mol. The maximum Gasteiger partial charge on any atom is 0.287 e. The molecule has 1 aromatic heterocycles. The molecule has 2 amide bonds. The summed E-state index contributed by atoms with van der Waals surface area (Å²) in [7, 11) is 0. The van der Waals surface area contributed by atoms with Crippen molar-refractivity contribution in [3.63, 3.8) is 0 Å². The van der Waals surface area contributed by atoms with Gasteiger partial charge in [-0.25, -0.2) is 0 Å². The molecule has 1 aromatic rings. The van der Waals surface area contributed by atoms with E-state index in [1.807, 2.05) is 6.92 Å². The molecule has 1 saturated heterocycles. The van der Waals surface area contributed by atoms with Gasteiger partial charge in [0.15, 0.2) is 11.7 Å². The number of aryl methyl sites for hydroxylation is 1. The molecular formula is C21H35IN6O3. The number of guanidine groups is 1. The average molecular weight is 546 g/mol. The topological polar surface area (TPSA) is 102 Å². The van der Waals surface area contributed by atoms with Crippen molar-refractivity contribution in [2.24, 2.45) is 4.99 Å². The van der Waals surface area contributed by atoms with Gasteiger partial charge in [-0.2, -0.15) is 0 Å². The fourth-order valence-electron chi connectivity index (χ4n) is 3.40. The van der Waals surface area contributed by atoms with E-state index in [4.69, 9.17) is 9.41 Å². The third-order valence-electron chi connectivity index (χ3n) is 5.27. The maximum absolute atomic E-state index is 12.0. The van der Waals surface area contributed by atoms with E-state index < -0.39 is 0 Å². The Labute approximate surface area is 201 Å². The Morgan fingerprint density at radius 2 is 1.94 bits per heavy atom. The van der Waals surface area contributed by atoms with E-state index in [0.717, 1.165) is 63.5 Å². The molecule has 2 aliphatic rings. The highest BCUT2D eigenvalue weighted by Gasteiger charge is 2.25. The number of halogens is 1. The van der Waals surface area contributed by atoms with Crippen LogP contribution < -0.4 is 16.0 Å². The molecule has 0 atom stereocenters. The zero-order valence-corrected chi connectivity index (χ0v) is 20.8. The Hall–Kier alpha value is -1.82. The van der Waals surface area contributed by atoms with Crippen LogP contribution in [0, 0.1) is 6.92 Å². The van der Waals surface area contributed by atoms with Gasteiger partial charge in [0, 0.05) is 57.4 Å². The standard InChI is InChI=1S/C21H34N6O3.HI/c1-3-22-21(24-9-4-8-23-20(29)19-16(2)7-14-30-19)27-12-10-26(11-13-27)15-18(28)25-17-5-6-17;/h7,14,17H,3-6,8-13,15H2,1-2H3,(H,22,24)(H,23,29)(H,25,28);1H. The molecule has 3 rings (SSSR count). The number of carbonyl (C=O) groups is 2. The summed E-state index contributed by atoms with van der Waals surface area (Å²) in [4.78, 5) is 33.2. The van der Waals surface area contributed by atoms with Crippen molar-refractivity contribution in [1.29, 1.82) is 0 Å². The first kappa shape index (κ1) is 25.4. The summed E-state index contributed by atoms with van der Waals surface area (Å²) >= 11 is 0. The van der Waals surface area contributed by atoms with E-state index in [-0.39, 0.29) is 35.8 Å². The van der Waals surface area contributed by atoms with Crippen LogP contribution in [0.2, 0.25) is 0 Å². The van der Waals surface area contributed by atoms with Crippen molar-refractivity contribution >= 4 is 41.8 Å². The molecule has 0 radical (unpaired) electrons. The summed E-state index contributed by atoms with van der Waals surface area (Å²) in [6.07, 6.45) is 4.51. The van der Waals surface area contributed by atoms with Gasteiger partial charge in [-0.05, 0) is 39.2 Å². The SMILES string of the molecule is CCNC(=NCCCNC(=O)c1occc1C)N1CCN(CC(=O)NC2CC2)CC1.I. The highest BCUT2D eigenvalue weighted by atomic mass is 127. The van der Waals surface area contributed by atoms with Crippen LogP contribution in [-0.2, 0) is 4.79 Å². The molecule has 31 heavy (non-hydrogen) atoms. The molecular weight excluding hydrogens is 511 g/mol.